The summed E-state index contributed by atoms with van der Waals surface area (Å²) in [6.07, 6.45) is 7.35. The summed E-state index contributed by atoms with van der Waals surface area (Å²) >= 11 is 0. The molecule has 2 unspecified atom stereocenters. The Hall–Kier alpha value is -1.76. The summed E-state index contributed by atoms with van der Waals surface area (Å²) in [5, 5.41) is 0. The molecule has 1 aliphatic carbocycles. The van der Waals surface area contributed by atoms with Crippen molar-refractivity contribution in [1.82, 2.24) is 0 Å². The van der Waals surface area contributed by atoms with Gasteiger partial charge in [0.15, 0.2) is 0 Å². The van der Waals surface area contributed by atoms with Gasteiger partial charge in [0, 0.05) is 5.70 Å². The van der Waals surface area contributed by atoms with Crippen LogP contribution >= 0.6 is 0 Å². The van der Waals surface area contributed by atoms with Crippen LogP contribution in [0.1, 0.15) is 45.2 Å². The van der Waals surface area contributed by atoms with Gasteiger partial charge in [0.05, 0.1) is 0 Å². The summed E-state index contributed by atoms with van der Waals surface area (Å²) in [5.41, 5.74) is 10.7. The molecule has 0 saturated heterocycles. The molecule has 2 atom stereocenters. The normalized spacial score (nSPS) is 22.0. The summed E-state index contributed by atoms with van der Waals surface area (Å²) in [6, 6.07) is 8.84. The van der Waals surface area contributed by atoms with Gasteiger partial charge in [-0.05, 0) is 46.4 Å². The van der Waals surface area contributed by atoms with Crippen molar-refractivity contribution in [3.63, 3.8) is 0 Å². The van der Waals surface area contributed by atoms with E-state index in [1.165, 1.54) is 16.7 Å². The van der Waals surface area contributed by atoms with E-state index in [0.717, 1.165) is 12.1 Å². The van der Waals surface area contributed by atoms with Gasteiger partial charge in [0.25, 0.3) is 0 Å². The van der Waals surface area contributed by atoms with Crippen molar-refractivity contribution in [2.24, 2.45) is 17.6 Å². The van der Waals surface area contributed by atoms with E-state index in [4.69, 9.17) is 5.73 Å². The molecule has 0 heterocycles. The first-order valence-corrected chi connectivity index (χ1v) is 7.71. The lowest BCUT2D eigenvalue weighted by Crippen LogP contribution is -2.14. The largest absolute Gasteiger partial charge is 0.399 e. The molecule has 0 amide bonds. The molecule has 112 valence electrons. The number of hydrogen-bond acceptors (Lipinski definition) is 1. The van der Waals surface area contributed by atoms with Crippen LogP contribution in [-0.4, -0.2) is 0 Å². The van der Waals surface area contributed by atoms with Gasteiger partial charge in [-0.25, -0.2) is 0 Å². The number of benzene rings is 1. The Kier molecular flexibility index (Phi) is 4.41. The zero-order chi connectivity index (χ0) is 15.6. The first-order valence-electron chi connectivity index (χ1n) is 7.71. The molecule has 1 heteroatoms. The van der Waals surface area contributed by atoms with E-state index in [-0.39, 0.29) is 5.41 Å². The van der Waals surface area contributed by atoms with Gasteiger partial charge in [0.2, 0.25) is 0 Å². The van der Waals surface area contributed by atoms with Gasteiger partial charge in [-0.15, -0.1) is 0 Å². The van der Waals surface area contributed by atoms with Crippen molar-refractivity contribution in [2.75, 3.05) is 0 Å². The fraction of sp³-hybridized carbons (Fsp3) is 0.400. The summed E-state index contributed by atoms with van der Waals surface area (Å²) in [7, 11) is 0. The molecule has 1 aromatic carbocycles. The lowest BCUT2D eigenvalue weighted by molar-refractivity contribution is 0.514. The summed E-state index contributed by atoms with van der Waals surface area (Å²) in [4.78, 5) is 0. The van der Waals surface area contributed by atoms with E-state index in [1.807, 2.05) is 6.08 Å². The Morgan fingerprint density at radius 2 is 1.81 bits per heavy atom. The van der Waals surface area contributed by atoms with Crippen molar-refractivity contribution in [1.29, 1.82) is 0 Å². The standard InChI is InChI=1S/C20H27N/c1-14(12-17-8-11-19(21)13-15(17)2)16-6-9-18(10-7-16)20(3,4)5/h6-11,13,15,17H,1,12,21H2,2-5H3. The third kappa shape index (κ3) is 3.87. The molecule has 1 aliphatic rings. The Morgan fingerprint density at radius 1 is 1.19 bits per heavy atom. The first-order chi connectivity index (χ1) is 9.77. The summed E-state index contributed by atoms with van der Waals surface area (Å²) in [5.74, 6) is 0.965. The molecule has 0 fully saturated rings. The molecule has 1 aromatic rings. The van der Waals surface area contributed by atoms with E-state index in [0.29, 0.717) is 11.8 Å². The molecule has 1 nitrogen and oxygen atoms in total. The number of nitrogens with two attached hydrogens (primary N) is 1. The molecule has 0 radical (unpaired) electrons. The van der Waals surface area contributed by atoms with E-state index in [2.05, 4.69) is 70.7 Å². The second kappa shape index (κ2) is 5.93. The summed E-state index contributed by atoms with van der Waals surface area (Å²) in [6.45, 7) is 13.2. The van der Waals surface area contributed by atoms with Crippen LogP contribution in [0.25, 0.3) is 5.57 Å². The number of rotatable bonds is 3. The van der Waals surface area contributed by atoms with Gasteiger partial charge in [-0.2, -0.15) is 0 Å². The average Bonchev–Trinajstić information content (AvgIpc) is 2.41. The molecule has 0 spiro atoms. The molecule has 0 bridgehead atoms. The maximum absolute atomic E-state index is 5.84. The Bertz CT molecular complexity index is 567. The zero-order valence-electron chi connectivity index (χ0n) is 13.7. The molecular formula is C20H27N. The number of allylic oxidation sites excluding steroid dienone is 4. The molecular weight excluding hydrogens is 254 g/mol. The Balaban J connectivity index is 2.06. The van der Waals surface area contributed by atoms with Crippen LogP contribution in [0.3, 0.4) is 0 Å². The van der Waals surface area contributed by atoms with Crippen LogP contribution < -0.4 is 5.73 Å². The lowest BCUT2D eigenvalue weighted by atomic mass is 9.82. The highest BCUT2D eigenvalue weighted by molar-refractivity contribution is 5.64. The van der Waals surface area contributed by atoms with Crippen LogP contribution in [0.4, 0.5) is 0 Å². The summed E-state index contributed by atoms with van der Waals surface area (Å²) < 4.78 is 0. The fourth-order valence-electron chi connectivity index (χ4n) is 2.75. The minimum atomic E-state index is 0.197. The maximum Gasteiger partial charge on any atom is 0.0273 e. The van der Waals surface area contributed by atoms with Crippen molar-refractivity contribution in [3.8, 4) is 0 Å². The highest BCUT2D eigenvalue weighted by Crippen LogP contribution is 2.31. The number of hydrogen-bond donors (Lipinski definition) is 1. The van der Waals surface area contributed by atoms with Crippen LogP contribution in [0.2, 0.25) is 0 Å². The van der Waals surface area contributed by atoms with Crippen LogP contribution in [0.5, 0.6) is 0 Å². The maximum atomic E-state index is 5.84. The first kappa shape index (κ1) is 15.6. The fourth-order valence-corrected chi connectivity index (χ4v) is 2.75. The lowest BCUT2D eigenvalue weighted by Gasteiger charge is -2.23. The van der Waals surface area contributed by atoms with Gasteiger partial charge < -0.3 is 5.73 Å². The van der Waals surface area contributed by atoms with E-state index < -0.39 is 0 Å². The van der Waals surface area contributed by atoms with Crippen molar-refractivity contribution in [2.45, 2.75) is 39.5 Å². The zero-order valence-corrected chi connectivity index (χ0v) is 13.7. The Morgan fingerprint density at radius 3 is 2.33 bits per heavy atom. The minimum Gasteiger partial charge on any atom is -0.399 e. The van der Waals surface area contributed by atoms with Crippen molar-refractivity contribution >= 4 is 5.57 Å². The van der Waals surface area contributed by atoms with Crippen molar-refractivity contribution in [3.05, 3.63) is 65.9 Å². The molecule has 2 rings (SSSR count). The smallest absolute Gasteiger partial charge is 0.0273 e. The van der Waals surface area contributed by atoms with Crippen LogP contribution in [-0.2, 0) is 5.41 Å². The van der Waals surface area contributed by atoms with E-state index in [9.17, 15) is 0 Å². The molecule has 2 N–H and O–H groups in total. The van der Waals surface area contributed by atoms with Gasteiger partial charge in [0.1, 0.15) is 0 Å². The molecule has 21 heavy (non-hydrogen) atoms. The highest BCUT2D eigenvalue weighted by Gasteiger charge is 2.18. The predicted octanol–water partition coefficient (Wildman–Crippen LogP) is 5.05. The van der Waals surface area contributed by atoms with E-state index in [1.54, 1.807) is 0 Å². The van der Waals surface area contributed by atoms with Crippen molar-refractivity contribution < 1.29 is 0 Å². The molecule has 0 saturated carbocycles. The monoisotopic (exact) mass is 281 g/mol. The molecule has 0 aliphatic heterocycles. The van der Waals surface area contributed by atoms with E-state index >= 15 is 0 Å². The quantitative estimate of drug-likeness (QED) is 0.824. The molecule has 0 aromatic heterocycles. The van der Waals surface area contributed by atoms with Gasteiger partial charge >= 0.3 is 0 Å². The Labute approximate surface area is 129 Å². The van der Waals surface area contributed by atoms with Gasteiger partial charge in [-0.3, -0.25) is 0 Å². The third-order valence-corrected chi connectivity index (χ3v) is 4.31. The highest BCUT2D eigenvalue weighted by atomic mass is 14.6. The minimum absolute atomic E-state index is 0.197. The second-order valence-corrected chi connectivity index (χ2v) is 7.18. The third-order valence-electron chi connectivity index (χ3n) is 4.31. The van der Waals surface area contributed by atoms with Gasteiger partial charge in [-0.1, -0.05) is 70.7 Å². The topological polar surface area (TPSA) is 26.0 Å². The second-order valence-electron chi connectivity index (χ2n) is 7.18. The van der Waals surface area contributed by atoms with Crippen LogP contribution in [0, 0.1) is 11.8 Å². The predicted molar refractivity (Wildman–Crippen MR) is 92.9 cm³/mol. The van der Waals surface area contributed by atoms with Crippen LogP contribution in [0.15, 0.2) is 54.8 Å². The average molecular weight is 281 g/mol. The SMILES string of the molecule is C=C(CC1C=CC(N)=CC1C)c1ccc(C(C)(C)C)cc1.